The van der Waals surface area contributed by atoms with E-state index in [0.717, 1.165) is 18.2 Å². The summed E-state index contributed by atoms with van der Waals surface area (Å²) in [4.78, 5) is 27.7. The topological polar surface area (TPSA) is 115 Å². The number of nitro groups is 1. The normalized spacial score (nSPS) is 11.5. The minimum Gasteiger partial charge on any atom is -0.467 e. The number of alkyl halides is 3. The fourth-order valence-electron chi connectivity index (χ4n) is 3.33. The van der Waals surface area contributed by atoms with Crippen molar-refractivity contribution in [2.45, 2.75) is 12.7 Å². The van der Waals surface area contributed by atoms with Crippen LogP contribution in [0.15, 0.2) is 59.2 Å². The highest BCUT2D eigenvalue weighted by molar-refractivity contribution is 6.05. The smallest absolute Gasteiger partial charge is 0.416 e. The quantitative estimate of drug-likeness (QED) is 0.313. The van der Waals surface area contributed by atoms with Gasteiger partial charge in [0.2, 0.25) is 5.95 Å². The Morgan fingerprint density at radius 3 is 2.64 bits per heavy atom. The molecule has 170 valence electrons. The van der Waals surface area contributed by atoms with Gasteiger partial charge in [0.05, 0.1) is 34.3 Å². The highest BCUT2D eigenvalue weighted by Crippen LogP contribution is 2.33. The standard InChI is InChI=1S/C21H16F3N5O4/c1-25-15-6-4-12(9-18(15)29(31)32)19(30)27-20-26-16-10-13(21(22,23)24)5-7-17(16)28(20)11-14-3-2-8-33-14/h2-10,25H,11H2,1H3,(H,26,27,30). The summed E-state index contributed by atoms with van der Waals surface area (Å²) in [6.07, 6.45) is -3.12. The van der Waals surface area contributed by atoms with Gasteiger partial charge in [-0.25, -0.2) is 4.98 Å². The van der Waals surface area contributed by atoms with Gasteiger partial charge in [0.15, 0.2) is 0 Å². The van der Waals surface area contributed by atoms with Crippen molar-refractivity contribution in [3.8, 4) is 0 Å². The number of rotatable bonds is 6. The molecule has 4 rings (SSSR count). The van der Waals surface area contributed by atoms with Gasteiger partial charge in [-0.1, -0.05) is 0 Å². The van der Waals surface area contributed by atoms with Crippen molar-refractivity contribution in [1.82, 2.24) is 9.55 Å². The molecule has 0 aliphatic rings. The fraction of sp³-hybridized carbons (Fsp3) is 0.143. The van der Waals surface area contributed by atoms with Crippen LogP contribution in [-0.2, 0) is 12.7 Å². The second-order valence-electron chi connectivity index (χ2n) is 7.00. The minimum atomic E-state index is -4.56. The van der Waals surface area contributed by atoms with Crippen LogP contribution in [0, 0.1) is 10.1 Å². The van der Waals surface area contributed by atoms with Crippen molar-refractivity contribution in [3.05, 3.63) is 81.8 Å². The third-order valence-electron chi connectivity index (χ3n) is 4.92. The molecule has 0 unspecified atom stereocenters. The predicted molar refractivity (Wildman–Crippen MR) is 113 cm³/mol. The molecule has 0 aliphatic heterocycles. The zero-order chi connectivity index (χ0) is 23.8. The maximum absolute atomic E-state index is 13.1. The molecule has 2 heterocycles. The molecule has 0 bridgehead atoms. The lowest BCUT2D eigenvalue weighted by Gasteiger charge is -2.10. The van der Waals surface area contributed by atoms with Gasteiger partial charge < -0.3 is 14.3 Å². The van der Waals surface area contributed by atoms with Crippen LogP contribution in [0.5, 0.6) is 0 Å². The van der Waals surface area contributed by atoms with Crippen molar-refractivity contribution in [2.24, 2.45) is 0 Å². The maximum Gasteiger partial charge on any atom is 0.416 e. The molecule has 4 aromatic rings. The number of nitro benzene ring substituents is 1. The molecule has 0 fully saturated rings. The van der Waals surface area contributed by atoms with Gasteiger partial charge in [0, 0.05) is 18.7 Å². The third kappa shape index (κ3) is 4.35. The summed E-state index contributed by atoms with van der Waals surface area (Å²) in [7, 11) is 1.51. The maximum atomic E-state index is 13.1. The number of fused-ring (bicyclic) bond motifs is 1. The van der Waals surface area contributed by atoms with Gasteiger partial charge in [0.25, 0.3) is 11.6 Å². The zero-order valence-corrected chi connectivity index (χ0v) is 17.0. The molecule has 0 radical (unpaired) electrons. The van der Waals surface area contributed by atoms with Crippen molar-refractivity contribution in [3.63, 3.8) is 0 Å². The summed E-state index contributed by atoms with van der Waals surface area (Å²) < 4.78 is 46.2. The van der Waals surface area contributed by atoms with Crippen LogP contribution in [0.2, 0.25) is 0 Å². The molecule has 9 nitrogen and oxygen atoms in total. The van der Waals surface area contributed by atoms with Crippen LogP contribution in [-0.4, -0.2) is 27.4 Å². The van der Waals surface area contributed by atoms with E-state index in [1.807, 2.05) is 0 Å². The Morgan fingerprint density at radius 1 is 1.21 bits per heavy atom. The van der Waals surface area contributed by atoms with Gasteiger partial charge in [0.1, 0.15) is 11.4 Å². The van der Waals surface area contributed by atoms with Gasteiger partial charge in [-0.05, 0) is 42.5 Å². The Morgan fingerprint density at radius 2 is 2.00 bits per heavy atom. The van der Waals surface area contributed by atoms with E-state index in [4.69, 9.17) is 4.42 Å². The molecule has 0 spiro atoms. The van der Waals surface area contributed by atoms with E-state index >= 15 is 0 Å². The number of imidazole rings is 1. The number of aromatic nitrogens is 2. The molecule has 0 saturated carbocycles. The van der Waals surface area contributed by atoms with Crippen LogP contribution in [0.1, 0.15) is 21.7 Å². The largest absolute Gasteiger partial charge is 0.467 e. The van der Waals surface area contributed by atoms with Gasteiger partial charge in [-0.2, -0.15) is 13.2 Å². The number of carbonyl (C=O) groups excluding carboxylic acids is 1. The Kier molecular flexibility index (Phi) is 5.50. The summed E-state index contributed by atoms with van der Waals surface area (Å²) in [6.45, 7) is 0.0866. The van der Waals surface area contributed by atoms with Crippen LogP contribution in [0.3, 0.4) is 0 Å². The van der Waals surface area contributed by atoms with E-state index in [9.17, 15) is 28.1 Å². The third-order valence-corrected chi connectivity index (χ3v) is 4.92. The first-order valence-corrected chi connectivity index (χ1v) is 9.55. The molecule has 0 aliphatic carbocycles. The van der Waals surface area contributed by atoms with Gasteiger partial charge in [-0.3, -0.25) is 20.2 Å². The number of furan rings is 1. The molecule has 33 heavy (non-hydrogen) atoms. The molecular weight excluding hydrogens is 443 g/mol. The van der Waals surface area contributed by atoms with E-state index in [2.05, 4.69) is 15.6 Å². The number of hydrogen-bond acceptors (Lipinski definition) is 6. The predicted octanol–water partition coefficient (Wildman–Crippen LogP) is 4.90. The Balaban J connectivity index is 1.75. The van der Waals surface area contributed by atoms with Crippen LogP contribution < -0.4 is 10.6 Å². The molecule has 2 N–H and O–H groups in total. The van der Waals surface area contributed by atoms with Crippen molar-refractivity contribution in [2.75, 3.05) is 17.7 Å². The Labute approximate surface area is 184 Å². The average Bonchev–Trinajstić information content (AvgIpc) is 3.40. The van der Waals surface area contributed by atoms with Crippen molar-refractivity contribution >= 4 is 34.3 Å². The minimum absolute atomic E-state index is 0.0168. The number of nitrogens with one attached hydrogen (secondary N) is 2. The number of amides is 1. The van der Waals surface area contributed by atoms with Crippen LogP contribution in [0.25, 0.3) is 11.0 Å². The molecule has 1 amide bonds. The SMILES string of the molecule is CNc1ccc(C(=O)Nc2nc3cc(C(F)(F)F)ccc3n2Cc2ccco2)cc1[N+](=O)[O-]. The molecule has 0 atom stereocenters. The number of nitrogens with zero attached hydrogens (tertiary/aromatic N) is 3. The Bertz CT molecular complexity index is 1350. The molecular formula is C21H16F3N5O4. The highest BCUT2D eigenvalue weighted by atomic mass is 19.4. The summed E-state index contributed by atoms with van der Waals surface area (Å²) >= 11 is 0. The van der Waals surface area contributed by atoms with E-state index in [1.54, 1.807) is 12.1 Å². The van der Waals surface area contributed by atoms with E-state index < -0.39 is 22.6 Å². The van der Waals surface area contributed by atoms with Crippen LogP contribution >= 0.6 is 0 Å². The summed E-state index contributed by atoms with van der Waals surface area (Å²) in [5, 5.41) is 16.5. The molecule has 2 aromatic carbocycles. The summed E-state index contributed by atoms with van der Waals surface area (Å²) in [6, 6.07) is 10.3. The first-order valence-electron chi connectivity index (χ1n) is 9.55. The number of halogens is 3. The first-order chi connectivity index (χ1) is 15.7. The summed E-state index contributed by atoms with van der Waals surface area (Å²) in [5.41, 5.74) is -0.623. The van der Waals surface area contributed by atoms with E-state index in [0.29, 0.717) is 11.3 Å². The average molecular weight is 459 g/mol. The van der Waals surface area contributed by atoms with Crippen LogP contribution in [0.4, 0.5) is 30.5 Å². The fourth-order valence-corrected chi connectivity index (χ4v) is 3.33. The molecule has 2 aromatic heterocycles. The second kappa shape index (κ2) is 8.30. The first kappa shape index (κ1) is 21.9. The lowest BCUT2D eigenvalue weighted by Crippen LogP contribution is -2.16. The van der Waals surface area contributed by atoms with Crippen molar-refractivity contribution < 1.29 is 27.3 Å². The van der Waals surface area contributed by atoms with Gasteiger partial charge in [-0.15, -0.1) is 0 Å². The number of benzene rings is 2. The number of anilines is 2. The molecule has 12 heteroatoms. The van der Waals surface area contributed by atoms with Gasteiger partial charge >= 0.3 is 6.18 Å². The molecule has 0 saturated heterocycles. The van der Waals surface area contributed by atoms with E-state index in [-0.39, 0.29) is 34.9 Å². The lowest BCUT2D eigenvalue weighted by atomic mass is 10.1. The van der Waals surface area contributed by atoms with E-state index in [1.165, 1.54) is 36.1 Å². The number of carbonyl (C=O) groups is 1. The lowest BCUT2D eigenvalue weighted by molar-refractivity contribution is -0.384. The summed E-state index contributed by atoms with van der Waals surface area (Å²) in [5.74, 6) is -0.266. The zero-order valence-electron chi connectivity index (χ0n) is 17.0. The Hall–Kier alpha value is -4.35. The van der Waals surface area contributed by atoms with Crippen molar-refractivity contribution in [1.29, 1.82) is 0 Å². The highest BCUT2D eigenvalue weighted by Gasteiger charge is 2.31. The monoisotopic (exact) mass is 459 g/mol. The number of hydrogen-bond donors (Lipinski definition) is 2. The second-order valence-corrected chi connectivity index (χ2v) is 7.00.